The van der Waals surface area contributed by atoms with Gasteiger partial charge in [0.1, 0.15) is 0 Å². The van der Waals surface area contributed by atoms with Crippen LogP contribution in [0.3, 0.4) is 0 Å². The molecule has 2 aromatic heterocycles. The van der Waals surface area contributed by atoms with Gasteiger partial charge in [0.15, 0.2) is 0 Å². The van der Waals surface area contributed by atoms with Crippen LogP contribution in [-0.2, 0) is 6.54 Å². The number of pyridine rings is 1. The van der Waals surface area contributed by atoms with E-state index in [0.717, 1.165) is 40.3 Å². The van der Waals surface area contributed by atoms with Crippen molar-refractivity contribution in [1.29, 1.82) is 0 Å². The fourth-order valence-electron chi connectivity index (χ4n) is 3.33. The van der Waals surface area contributed by atoms with E-state index in [0.29, 0.717) is 12.4 Å². The number of halogens is 1. The molecule has 1 fully saturated rings. The molecule has 0 saturated carbocycles. The third kappa shape index (κ3) is 3.14. The van der Waals surface area contributed by atoms with E-state index in [9.17, 15) is 4.79 Å². The molecular formula is C17H16BrN5O2. The van der Waals surface area contributed by atoms with Crippen molar-refractivity contribution >= 4 is 32.7 Å². The second-order valence-electron chi connectivity index (χ2n) is 6.09. The van der Waals surface area contributed by atoms with Gasteiger partial charge >= 0.3 is 0 Å². The van der Waals surface area contributed by atoms with E-state index in [2.05, 4.69) is 54.2 Å². The Labute approximate surface area is 152 Å². The summed E-state index contributed by atoms with van der Waals surface area (Å²) in [6.07, 6.45) is 3.73. The van der Waals surface area contributed by atoms with Crippen LogP contribution in [-0.4, -0.2) is 32.5 Å². The predicted octanol–water partition coefficient (Wildman–Crippen LogP) is 2.82. The third-order valence-corrected chi connectivity index (χ3v) is 4.89. The van der Waals surface area contributed by atoms with E-state index >= 15 is 0 Å². The number of nitrogens with zero attached hydrogens (tertiary/aromatic N) is 4. The molecule has 1 amide bonds. The SMILES string of the molecule is NC(=O)c1noc([C@@H]2CCCN2Cc2cc(Br)cc3cccnc23)n1. The molecule has 1 aliphatic rings. The molecule has 0 spiro atoms. The number of rotatable bonds is 4. The van der Waals surface area contributed by atoms with Crippen molar-refractivity contribution in [3.8, 4) is 0 Å². The summed E-state index contributed by atoms with van der Waals surface area (Å²) < 4.78 is 6.28. The van der Waals surface area contributed by atoms with E-state index in [4.69, 9.17) is 10.3 Å². The summed E-state index contributed by atoms with van der Waals surface area (Å²) in [7, 11) is 0. The van der Waals surface area contributed by atoms with E-state index in [1.54, 1.807) is 6.20 Å². The Balaban J connectivity index is 1.64. The molecule has 3 heterocycles. The van der Waals surface area contributed by atoms with Crippen LogP contribution in [0, 0.1) is 0 Å². The first kappa shape index (κ1) is 16.2. The maximum atomic E-state index is 11.2. The highest BCUT2D eigenvalue weighted by Crippen LogP contribution is 2.34. The average molecular weight is 402 g/mol. The number of primary amides is 1. The molecule has 0 bridgehead atoms. The van der Waals surface area contributed by atoms with Crippen molar-refractivity contribution in [1.82, 2.24) is 20.0 Å². The van der Waals surface area contributed by atoms with Crippen molar-refractivity contribution in [2.45, 2.75) is 25.4 Å². The topological polar surface area (TPSA) is 98.1 Å². The number of carbonyl (C=O) groups is 1. The van der Waals surface area contributed by atoms with Crippen molar-refractivity contribution in [3.05, 3.63) is 52.2 Å². The number of nitrogens with two attached hydrogens (primary N) is 1. The molecule has 0 unspecified atom stereocenters. The molecule has 4 rings (SSSR count). The molecule has 0 aliphatic carbocycles. The number of hydrogen-bond acceptors (Lipinski definition) is 6. The van der Waals surface area contributed by atoms with E-state index < -0.39 is 5.91 Å². The van der Waals surface area contributed by atoms with Crippen molar-refractivity contribution in [3.63, 3.8) is 0 Å². The molecule has 7 nitrogen and oxygen atoms in total. The van der Waals surface area contributed by atoms with Gasteiger partial charge in [0.25, 0.3) is 11.7 Å². The lowest BCUT2D eigenvalue weighted by Crippen LogP contribution is -2.23. The van der Waals surface area contributed by atoms with E-state index in [1.165, 1.54) is 0 Å². The maximum Gasteiger partial charge on any atom is 0.290 e. The summed E-state index contributed by atoms with van der Waals surface area (Å²) in [5.41, 5.74) is 7.33. The van der Waals surface area contributed by atoms with Gasteiger partial charge in [-0.2, -0.15) is 4.98 Å². The van der Waals surface area contributed by atoms with Crippen LogP contribution in [0.4, 0.5) is 0 Å². The Hall–Kier alpha value is -2.32. The lowest BCUT2D eigenvalue weighted by atomic mass is 10.1. The van der Waals surface area contributed by atoms with E-state index in [1.807, 2.05) is 6.07 Å². The minimum Gasteiger partial charge on any atom is -0.363 e. The largest absolute Gasteiger partial charge is 0.363 e. The van der Waals surface area contributed by atoms with Crippen LogP contribution in [0.2, 0.25) is 0 Å². The minimum absolute atomic E-state index is 0.0154. The standard InChI is InChI=1S/C17H16BrN5O2/c18-12-7-10-3-1-5-20-14(10)11(8-12)9-23-6-2-4-13(23)17-21-16(15(19)24)22-25-17/h1,3,5,7-8,13H,2,4,6,9H2,(H2,19,24)/t13-/m0/s1. The average Bonchev–Trinajstić information content (AvgIpc) is 3.23. The van der Waals surface area contributed by atoms with Gasteiger partial charge in [0.2, 0.25) is 5.89 Å². The Morgan fingerprint density at radius 1 is 1.44 bits per heavy atom. The highest BCUT2D eigenvalue weighted by molar-refractivity contribution is 9.10. The molecular weight excluding hydrogens is 386 g/mol. The Bertz CT molecular complexity index is 942. The van der Waals surface area contributed by atoms with Gasteiger partial charge in [-0.1, -0.05) is 27.2 Å². The summed E-state index contributed by atoms with van der Waals surface area (Å²) >= 11 is 3.57. The van der Waals surface area contributed by atoms with Crippen LogP contribution < -0.4 is 5.73 Å². The van der Waals surface area contributed by atoms with Crippen LogP contribution >= 0.6 is 15.9 Å². The van der Waals surface area contributed by atoms with Gasteiger partial charge in [-0.15, -0.1) is 0 Å². The Kier molecular flexibility index (Phi) is 4.22. The molecule has 8 heteroatoms. The third-order valence-electron chi connectivity index (χ3n) is 4.43. The Morgan fingerprint density at radius 3 is 3.12 bits per heavy atom. The zero-order chi connectivity index (χ0) is 17.4. The Morgan fingerprint density at radius 2 is 2.32 bits per heavy atom. The molecule has 2 N–H and O–H groups in total. The molecule has 1 aromatic carbocycles. The van der Waals surface area contributed by atoms with Gasteiger partial charge in [-0.05, 0) is 43.1 Å². The van der Waals surface area contributed by atoms with Gasteiger partial charge in [-0.3, -0.25) is 14.7 Å². The fraction of sp³-hybridized carbons (Fsp3) is 0.294. The van der Waals surface area contributed by atoms with Crippen LogP contribution in [0.5, 0.6) is 0 Å². The lowest BCUT2D eigenvalue weighted by molar-refractivity contribution is 0.0987. The molecule has 128 valence electrons. The number of hydrogen-bond donors (Lipinski definition) is 1. The number of benzene rings is 1. The molecule has 1 saturated heterocycles. The van der Waals surface area contributed by atoms with Crippen molar-refractivity contribution < 1.29 is 9.32 Å². The number of amides is 1. The number of likely N-dealkylation sites (tertiary alicyclic amines) is 1. The van der Waals surface area contributed by atoms with E-state index in [-0.39, 0.29) is 11.9 Å². The zero-order valence-corrected chi connectivity index (χ0v) is 14.9. The summed E-state index contributed by atoms with van der Waals surface area (Å²) in [5, 5.41) is 4.75. The second-order valence-corrected chi connectivity index (χ2v) is 7.00. The second kappa shape index (κ2) is 6.53. The summed E-state index contributed by atoms with van der Waals surface area (Å²) in [4.78, 5) is 22.1. The smallest absolute Gasteiger partial charge is 0.290 e. The molecule has 25 heavy (non-hydrogen) atoms. The lowest BCUT2D eigenvalue weighted by Gasteiger charge is -2.22. The molecule has 0 radical (unpaired) electrons. The van der Waals surface area contributed by atoms with Gasteiger partial charge in [-0.25, -0.2) is 0 Å². The molecule has 3 aromatic rings. The van der Waals surface area contributed by atoms with Crippen molar-refractivity contribution in [2.75, 3.05) is 6.54 Å². The molecule has 1 aliphatic heterocycles. The normalized spacial score (nSPS) is 18.0. The van der Waals surface area contributed by atoms with Crippen LogP contribution in [0.15, 0.2) is 39.5 Å². The summed E-state index contributed by atoms with van der Waals surface area (Å²) in [6.45, 7) is 1.63. The number of fused-ring (bicyclic) bond motifs is 1. The first-order chi connectivity index (χ1) is 12.1. The highest BCUT2D eigenvalue weighted by Gasteiger charge is 2.31. The number of carbonyl (C=O) groups excluding carboxylic acids is 1. The highest BCUT2D eigenvalue weighted by atomic mass is 79.9. The quantitative estimate of drug-likeness (QED) is 0.721. The molecule has 1 atom stereocenters. The first-order valence-electron chi connectivity index (χ1n) is 8.02. The first-order valence-corrected chi connectivity index (χ1v) is 8.82. The van der Waals surface area contributed by atoms with Gasteiger partial charge in [0.05, 0.1) is 11.6 Å². The zero-order valence-electron chi connectivity index (χ0n) is 13.4. The van der Waals surface area contributed by atoms with Gasteiger partial charge in [0, 0.05) is 22.6 Å². The summed E-state index contributed by atoms with van der Waals surface area (Å²) in [6, 6.07) is 8.12. The maximum absolute atomic E-state index is 11.2. The monoisotopic (exact) mass is 401 g/mol. The fourth-order valence-corrected chi connectivity index (χ4v) is 3.86. The van der Waals surface area contributed by atoms with Crippen LogP contribution in [0.1, 0.15) is 41.0 Å². The van der Waals surface area contributed by atoms with Gasteiger partial charge < -0.3 is 10.3 Å². The number of aromatic nitrogens is 3. The van der Waals surface area contributed by atoms with Crippen molar-refractivity contribution in [2.24, 2.45) is 5.73 Å². The predicted molar refractivity (Wildman–Crippen MR) is 94.6 cm³/mol. The summed E-state index contributed by atoms with van der Waals surface area (Å²) in [5.74, 6) is -0.309. The van der Waals surface area contributed by atoms with Crippen LogP contribution in [0.25, 0.3) is 10.9 Å². The minimum atomic E-state index is -0.679.